The van der Waals surface area contributed by atoms with Crippen molar-refractivity contribution in [3.63, 3.8) is 0 Å². The predicted octanol–water partition coefficient (Wildman–Crippen LogP) is 2.87. The van der Waals surface area contributed by atoms with Crippen molar-refractivity contribution in [3.8, 4) is 0 Å². The first-order chi connectivity index (χ1) is 10.1. The molecule has 2 aliphatic heterocycles. The van der Waals surface area contributed by atoms with Crippen LogP contribution in [0.4, 0.5) is 0 Å². The molecule has 4 nitrogen and oxygen atoms in total. The lowest BCUT2D eigenvalue weighted by molar-refractivity contribution is -0.113. The van der Waals surface area contributed by atoms with Crippen molar-refractivity contribution in [2.45, 2.75) is 0 Å². The first kappa shape index (κ1) is 14.9. The van der Waals surface area contributed by atoms with Crippen molar-refractivity contribution in [1.29, 1.82) is 0 Å². The number of piperazine rings is 1. The van der Waals surface area contributed by atoms with E-state index < -0.39 is 0 Å². The predicted molar refractivity (Wildman–Crippen MR) is 88.9 cm³/mol. The highest BCUT2D eigenvalue weighted by atomic mass is 35.5. The maximum atomic E-state index is 12.0. The molecule has 0 spiro atoms. The quantitative estimate of drug-likeness (QED) is 0.797. The Bertz CT molecular complexity index is 639. The van der Waals surface area contributed by atoms with Gasteiger partial charge in [0.15, 0.2) is 5.17 Å². The summed E-state index contributed by atoms with van der Waals surface area (Å²) in [7, 11) is 0. The van der Waals surface area contributed by atoms with E-state index in [4.69, 9.17) is 23.2 Å². The number of halogens is 2. The van der Waals surface area contributed by atoms with Gasteiger partial charge in [-0.1, -0.05) is 29.3 Å². The third-order valence-electron chi connectivity index (χ3n) is 3.25. The van der Waals surface area contributed by atoms with E-state index in [0.717, 1.165) is 36.9 Å². The molecule has 2 heterocycles. The summed E-state index contributed by atoms with van der Waals surface area (Å²) in [5.74, 6) is -0.209. The number of amides is 1. The van der Waals surface area contributed by atoms with Gasteiger partial charge in [0, 0.05) is 36.2 Å². The van der Waals surface area contributed by atoms with E-state index in [0.29, 0.717) is 15.0 Å². The van der Waals surface area contributed by atoms with E-state index in [9.17, 15) is 4.79 Å². The van der Waals surface area contributed by atoms with Crippen molar-refractivity contribution in [3.05, 3.63) is 38.7 Å². The SMILES string of the molecule is O=C1N=C(N2CCNCC2)S/C1=C/c1ccc(Cl)cc1Cl. The first-order valence-corrected chi connectivity index (χ1v) is 8.14. The molecule has 0 atom stereocenters. The van der Waals surface area contributed by atoms with Crippen molar-refractivity contribution in [2.75, 3.05) is 26.2 Å². The average Bonchev–Trinajstić information content (AvgIpc) is 2.84. The maximum Gasteiger partial charge on any atom is 0.286 e. The smallest absolute Gasteiger partial charge is 0.286 e. The normalized spacial score (nSPS) is 21.0. The zero-order valence-electron chi connectivity index (χ0n) is 11.1. The van der Waals surface area contributed by atoms with Gasteiger partial charge < -0.3 is 10.2 Å². The van der Waals surface area contributed by atoms with Crippen LogP contribution in [-0.2, 0) is 4.79 Å². The lowest BCUT2D eigenvalue weighted by atomic mass is 10.2. The van der Waals surface area contributed by atoms with E-state index in [1.807, 2.05) is 0 Å². The molecule has 7 heteroatoms. The van der Waals surface area contributed by atoms with Gasteiger partial charge in [-0.25, -0.2) is 0 Å². The van der Waals surface area contributed by atoms with Crippen LogP contribution in [0.2, 0.25) is 10.0 Å². The van der Waals surface area contributed by atoms with Gasteiger partial charge in [-0.3, -0.25) is 4.79 Å². The van der Waals surface area contributed by atoms with E-state index in [-0.39, 0.29) is 5.91 Å². The summed E-state index contributed by atoms with van der Waals surface area (Å²) in [4.78, 5) is 18.9. The maximum absolute atomic E-state index is 12.0. The summed E-state index contributed by atoms with van der Waals surface area (Å²) in [6.07, 6.45) is 1.77. The lowest BCUT2D eigenvalue weighted by Crippen LogP contribution is -2.45. The molecule has 1 saturated heterocycles. The van der Waals surface area contributed by atoms with Gasteiger partial charge in [0.2, 0.25) is 0 Å². The standard InChI is InChI=1S/C14H13Cl2N3OS/c15-10-2-1-9(11(16)8-10)7-12-13(20)18-14(21-12)19-5-3-17-4-6-19/h1-2,7-8,17H,3-6H2/b12-7+. The Morgan fingerprint density at radius 1 is 1.29 bits per heavy atom. The number of aliphatic imine (C=N–C) groups is 1. The Kier molecular flexibility index (Phi) is 4.54. The molecule has 1 amide bonds. The molecule has 1 fully saturated rings. The zero-order valence-corrected chi connectivity index (χ0v) is 13.4. The highest BCUT2D eigenvalue weighted by molar-refractivity contribution is 8.18. The van der Waals surface area contributed by atoms with Crippen molar-refractivity contribution in [1.82, 2.24) is 10.2 Å². The second-order valence-corrected chi connectivity index (χ2v) is 6.57. The number of carbonyl (C=O) groups excluding carboxylic acids is 1. The third kappa shape index (κ3) is 3.43. The summed E-state index contributed by atoms with van der Waals surface area (Å²) < 4.78 is 0. The van der Waals surface area contributed by atoms with Crippen molar-refractivity contribution >= 4 is 52.1 Å². The van der Waals surface area contributed by atoms with Crippen LogP contribution in [-0.4, -0.2) is 42.2 Å². The van der Waals surface area contributed by atoms with Gasteiger partial charge in [-0.2, -0.15) is 4.99 Å². The molecule has 1 aromatic rings. The fourth-order valence-electron chi connectivity index (χ4n) is 2.15. The van der Waals surface area contributed by atoms with Crippen LogP contribution in [0.15, 0.2) is 28.1 Å². The van der Waals surface area contributed by atoms with Gasteiger partial charge in [-0.05, 0) is 35.5 Å². The summed E-state index contributed by atoms with van der Waals surface area (Å²) in [5.41, 5.74) is 0.772. The molecule has 0 saturated carbocycles. The minimum Gasteiger partial charge on any atom is -0.348 e. The van der Waals surface area contributed by atoms with E-state index in [1.54, 1.807) is 24.3 Å². The highest BCUT2D eigenvalue weighted by Gasteiger charge is 2.26. The monoisotopic (exact) mass is 341 g/mol. The Morgan fingerprint density at radius 2 is 2.05 bits per heavy atom. The van der Waals surface area contributed by atoms with Gasteiger partial charge in [-0.15, -0.1) is 0 Å². The fourth-order valence-corrected chi connectivity index (χ4v) is 3.57. The molecule has 0 aromatic heterocycles. The van der Waals surface area contributed by atoms with Crippen molar-refractivity contribution in [2.24, 2.45) is 4.99 Å². The number of rotatable bonds is 1. The van der Waals surface area contributed by atoms with Crippen LogP contribution in [0, 0.1) is 0 Å². The Morgan fingerprint density at radius 3 is 2.76 bits per heavy atom. The summed E-state index contributed by atoms with van der Waals surface area (Å²) in [6, 6.07) is 5.22. The Balaban J connectivity index is 1.79. The second-order valence-electron chi connectivity index (χ2n) is 4.71. The van der Waals surface area contributed by atoms with Gasteiger partial charge in [0.05, 0.1) is 4.91 Å². The molecule has 2 aliphatic rings. The van der Waals surface area contributed by atoms with Crippen LogP contribution in [0.5, 0.6) is 0 Å². The molecule has 0 radical (unpaired) electrons. The first-order valence-electron chi connectivity index (χ1n) is 6.57. The largest absolute Gasteiger partial charge is 0.348 e. The molecule has 1 N–H and O–H groups in total. The number of nitrogens with zero attached hydrogens (tertiary/aromatic N) is 2. The number of hydrogen-bond acceptors (Lipinski definition) is 4. The molecule has 3 rings (SSSR count). The zero-order chi connectivity index (χ0) is 14.8. The minimum absolute atomic E-state index is 0.209. The van der Waals surface area contributed by atoms with Gasteiger partial charge >= 0.3 is 0 Å². The number of thioether (sulfide) groups is 1. The van der Waals surface area contributed by atoms with Crippen molar-refractivity contribution < 1.29 is 4.79 Å². The lowest BCUT2D eigenvalue weighted by Gasteiger charge is -2.27. The molecular formula is C14H13Cl2N3OS. The summed E-state index contributed by atoms with van der Waals surface area (Å²) in [5, 5.41) is 5.15. The number of benzene rings is 1. The fraction of sp³-hybridized carbons (Fsp3) is 0.286. The summed E-state index contributed by atoms with van der Waals surface area (Å²) in [6.45, 7) is 3.56. The van der Waals surface area contributed by atoms with Crippen LogP contribution in [0.25, 0.3) is 6.08 Å². The molecule has 1 aromatic carbocycles. The number of hydrogen-bond donors (Lipinski definition) is 1. The molecule has 0 aliphatic carbocycles. The van der Waals surface area contributed by atoms with Crippen LogP contribution >= 0.6 is 35.0 Å². The van der Waals surface area contributed by atoms with Crippen LogP contribution in [0.3, 0.4) is 0 Å². The average molecular weight is 342 g/mol. The van der Waals surface area contributed by atoms with Crippen LogP contribution in [0.1, 0.15) is 5.56 Å². The number of amidine groups is 1. The minimum atomic E-state index is -0.209. The molecule has 0 unspecified atom stereocenters. The summed E-state index contributed by atoms with van der Waals surface area (Å²) >= 11 is 13.4. The molecule has 21 heavy (non-hydrogen) atoms. The van der Waals surface area contributed by atoms with E-state index in [1.165, 1.54) is 11.8 Å². The third-order valence-corrected chi connectivity index (χ3v) is 4.85. The van der Waals surface area contributed by atoms with E-state index >= 15 is 0 Å². The van der Waals surface area contributed by atoms with E-state index in [2.05, 4.69) is 15.2 Å². The number of carbonyl (C=O) groups is 1. The molecule has 0 bridgehead atoms. The van der Waals surface area contributed by atoms with Gasteiger partial charge in [0.25, 0.3) is 5.91 Å². The number of nitrogens with one attached hydrogen (secondary N) is 1. The highest BCUT2D eigenvalue weighted by Crippen LogP contribution is 2.32. The van der Waals surface area contributed by atoms with Crippen LogP contribution < -0.4 is 5.32 Å². The topological polar surface area (TPSA) is 44.7 Å². The Hall–Kier alpha value is -1.01. The van der Waals surface area contributed by atoms with Gasteiger partial charge in [0.1, 0.15) is 0 Å². The molecule has 110 valence electrons. The second kappa shape index (κ2) is 6.40. The molecular weight excluding hydrogens is 329 g/mol. The Labute approximate surface area is 137 Å².